The fourth-order valence-electron chi connectivity index (χ4n) is 3.16. The van der Waals surface area contributed by atoms with Gasteiger partial charge >= 0.3 is 17.8 Å². The van der Waals surface area contributed by atoms with Crippen LogP contribution in [0.15, 0.2) is 56.2 Å². The molecule has 33 heavy (non-hydrogen) atoms. The van der Waals surface area contributed by atoms with Crippen LogP contribution in [-0.2, 0) is 5.41 Å². The van der Waals surface area contributed by atoms with E-state index in [1.54, 1.807) is 24.3 Å². The van der Waals surface area contributed by atoms with Gasteiger partial charge in [0.1, 0.15) is 16.7 Å². The Hall–Kier alpha value is -4.02. The molecule has 0 bridgehead atoms. The average Bonchev–Trinajstić information content (AvgIpc) is 3.22. The Balaban J connectivity index is 1.59. The summed E-state index contributed by atoms with van der Waals surface area (Å²) < 4.78 is 54.8. The van der Waals surface area contributed by atoms with Gasteiger partial charge in [0.15, 0.2) is 11.6 Å². The Labute approximate surface area is 184 Å². The second-order valence-corrected chi connectivity index (χ2v) is 7.79. The minimum absolute atomic E-state index is 0.179. The van der Waals surface area contributed by atoms with E-state index in [1.165, 1.54) is 19.2 Å². The number of hydrogen-bond donors (Lipinski definition) is 2. The summed E-state index contributed by atoms with van der Waals surface area (Å²) >= 11 is 0. The van der Waals surface area contributed by atoms with Crippen molar-refractivity contribution in [2.24, 2.45) is 0 Å². The largest absolute Gasteiger partial charge is 0.497 e. The van der Waals surface area contributed by atoms with E-state index in [9.17, 15) is 22.8 Å². The Morgan fingerprint density at radius 1 is 1.00 bits per heavy atom. The number of carbonyl (C=O) groups is 1. The van der Waals surface area contributed by atoms with Crippen LogP contribution in [0.2, 0.25) is 0 Å². The summed E-state index contributed by atoms with van der Waals surface area (Å²) in [7, 11) is 1.50. The van der Waals surface area contributed by atoms with Crippen LogP contribution in [0.4, 0.5) is 29.5 Å². The second-order valence-electron chi connectivity index (χ2n) is 7.79. The van der Waals surface area contributed by atoms with Gasteiger partial charge in [-0.25, -0.2) is 9.59 Å². The van der Waals surface area contributed by atoms with Crippen molar-refractivity contribution in [1.29, 1.82) is 0 Å². The average molecular weight is 461 g/mol. The predicted molar refractivity (Wildman–Crippen MR) is 115 cm³/mol. The smallest absolute Gasteiger partial charge is 0.401 e. The fraction of sp³-hybridized carbons (Fsp3) is 0.227. The lowest BCUT2D eigenvalue weighted by molar-refractivity contribution is -0.185. The zero-order valence-electron chi connectivity index (χ0n) is 17.7. The standard InChI is InChI=1S/C22H18F3N3O5/c1-21(2,22(23,24)25)17-10-18(28-33-17)27-20(30)26-11-4-7-16-15(8-11)14-9-12(31-3)5-6-13(14)19(29)32-16/h4-10H,1-3H3,(H2,26,27,28,30). The van der Waals surface area contributed by atoms with Crippen LogP contribution in [0.25, 0.3) is 21.7 Å². The van der Waals surface area contributed by atoms with Crippen LogP contribution < -0.4 is 21.0 Å². The Kier molecular flexibility index (Phi) is 5.27. The van der Waals surface area contributed by atoms with E-state index in [1.807, 2.05) is 0 Å². The van der Waals surface area contributed by atoms with E-state index in [2.05, 4.69) is 15.8 Å². The van der Waals surface area contributed by atoms with E-state index in [-0.39, 0.29) is 5.82 Å². The van der Waals surface area contributed by atoms with Gasteiger partial charge in [-0.1, -0.05) is 5.16 Å². The molecule has 172 valence electrons. The van der Waals surface area contributed by atoms with Crippen LogP contribution in [0.3, 0.4) is 0 Å². The number of hydrogen-bond acceptors (Lipinski definition) is 6. The number of rotatable bonds is 4. The minimum Gasteiger partial charge on any atom is -0.497 e. The maximum absolute atomic E-state index is 13.2. The highest BCUT2D eigenvalue weighted by molar-refractivity contribution is 6.07. The van der Waals surface area contributed by atoms with Gasteiger partial charge in [-0.2, -0.15) is 13.2 Å². The number of halogens is 3. The summed E-state index contributed by atoms with van der Waals surface area (Å²) in [6.45, 7) is 1.90. The Morgan fingerprint density at radius 2 is 1.76 bits per heavy atom. The molecule has 11 heteroatoms. The van der Waals surface area contributed by atoms with E-state index in [0.29, 0.717) is 33.2 Å². The molecule has 4 rings (SSSR count). The van der Waals surface area contributed by atoms with Crippen LogP contribution >= 0.6 is 0 Å². The lowest BCUT2D eigenvalue weighted by atomic mass is 9.89. The van der Waals surface area contributed by atoms with Gasteiger partial charge in [-0.15, -0.1) is 0 Å². The van der Waals surface area contributed by atoms with Gasteiger partial charge < -0.3 is 19.0 Å². The number of methoxy groups -OCH3 is 1. The number of urea groups is 1. The number of carbonyl (C=O) groups excluding carboxylic acids is 1. The molecule has 0 aliphatic carbocycles. The molecule has 0 aliphatic rings. The summed E-state index contributed by atoms with van der Waals surface area (Å²) in [6.07, 6.45) is -4.56. The molecule has 0 saturated carbocycles. The van der Waals surface area contributed by atoms with E-state index < -0.39 is 29.0 Å². The molecule has 0 spiro atoms. The predicted octanol–water partition coefficient (Wildman–Crippen LogP) is 5.43. The zero-order chi connectivity index (χ0) is 24.0. The molecule has 4 aromatic rings. The molecular weight excluding hydrogens is 443 g/mol. The Bertz CT molecular complexity index is 1420. The molecule has 0 unspecified atom stereocenters. The van der Waals surface area contributed by atoms with Crippen molar-refractivity contribution in [3.63, 3.8) is 0 Å². The molecule has 2 aromatic carbocycles. The third kappa shape index (κ3) is 4.09. The van der Waals surface area contributed by atoms with Gasteiger partial charge in [-0.05, 0) is 50.2 Å². The van der Waals surface area contributed by atoms with Crippen LogP contribution in [-0.4, -0.2) is 24.5 Å². The van der Waals surface area contributed by atoms with E-state index in [0.717, 1.165) is 19.9 Å². The normalized spacial score (nSPS) is 12.2. The van der Waals surface area contributed by atoms with E-state index in [4.69, 9.17) is 13.7 Å². The van der Waals surface area contributed by atoms with Crippen LogP contribution in [0.5, 0.6) is 5.75 Å². The zero-order valence-corrected chi connectivity index (χ0v) is 17.7. The maximum Gasteiger partial charge on any atom is 0.401 e. The number of fused-ring (bicyclic) bond motifs is 3. The molecule has 0 atom stereocenters. The number of ether oxygens (including phenoxy) is 1. The maximum atomic E-state index is 13.2. The fourth-order valence-corrected chi connectivity index (χ4v) is 3.16. The molecule has 0 aliphatic heterocycles. The number of nitrogens with one attached hydrogen (secondary N) is 2. The first-order chi connectivity index (χ1) is 15.5. The summed E-state index contributed by atoms with van der Waals surface area (Å²) in [4.78, 5) is 24.6. The van der Waals surface area contributed by atoms with Crippen LogP contribution in [0.1, 0.15) is 19.6 Å². The van der Waals surface area contributed by atoms with Crippen molar-refractivity contribution >= 4 is 39.3 Å². The highest BCUT2D eigenvalue weighted by Gasteiger charge is 2.51. The SMILES string of the molecule is COc1ccc2c(=O)oc3ccc(NC(=O)Nc4cc(C(C)(C)C(F)(F)F)on4)cc3c2c1. The summed E-state index contributed by atoms with van der Waals surface area (Å²) in [5, 5.41) is 9.84. The quantitative estimate of drug-likeness (QED) is 0.310. The molecule has 2 aromatic heterocycles. The number of alkyl halides is 3. The van der Waals surface area contributed by atoms with Crippen molar-refractivity contribution in [2.45, 2.75) is 25.4 Å². The lowest BCUT2D eigenvalue weighted by Gasteiger charge is -2.24. The number of nitrogens with zero attached hydrogens (tertiary/aromatic N) is 1. The first-order valence-electron chi connectivity index (χ1n) is 9.66. The second kappa shape index (κ2) is 7.84. The van der Waals surface area contributed by atoms with Gasteiger partial charge in [0, 0.05) is 22.5 Å². The molecule has 2 N–H and O–H groups in total. The van der Waals surface area contributed by atoms with Crippen molar-refractivity contribution in [3.8, 4) is 5.75 Å². The lowest BCUT2D eigenvalue weighted by Crippen LogP contribution is -2.35. The van der Waals surface area contributed by atoms with Crippen molar-refractivity contribution in [1.82, 2.24) is 5.16 Å². The molecule has 0 radical (unpaired) electrons. The van der Waals surface area contributed by atoms with E-state index >= 15 is 0 Å². The monoisotopic (exact) mass is 461 g/mol. The molecule has 0 saturated heterocycles. The molecule has 2 heterocycles. The third-order valence-corrected chi connectivity index (χ3v) is 5.25. The highest BCUT2D eigenvalue weighted by Crippen LogP contribution is 2.41. The van der Waals surface area contributed by atoms with Gasteiger partial charge in [0.2, 0.25) is 0 Å². The highest BCUT2D eigenvalue weighted by atomic mass is 19.4. The number of aromatic nitrogens is 1. The van der Waals surface area contributed by atoms with Crippen molar-refractivity contribution in [2.75, 3.05) is 17.7 Å². The number of amides is 2. The molecular formula is C22H18F3N3O5. The first-order valence-corrected chi connectivity index (χ1v) is 9.66. The minimum atomic E-state index is -4.56. The summed E-state index contributed by atoms with van der Waals surface area (Å²) in [6, 6.07) is 9.78. The summed E-state index contributed by atoms with van der Waals surface area (Å²) in [5.74, 6) is -0.0811. The van der Waals surface area contributed by atoms with Gasteiger partial charge in [0.25, 0.3) is 0 Å². The molecule has 2 amide bonds. The van der Waals surface area contributed by atoms with Crippen molar-refractivity contribution < 1.29 is 31.6 Å². The molecule has 8 nitrogen and oxygen atoms in total. The first kappa shape index (κ1) is 22.2. The summed E-state index contributed by atoms with van der Waals surface area (Å²) in [5.41, 5.74) is -2.14. The third-order valence-electron chi connectivity index (χ3n) is 5.25. The molecule has 0 fully saturated rings. The van der Waals surface area contributed by atoms with Gasteiger partial charge in [-0.3, -0.25) is 5.32 Å². The van der Waals surface area contributed by atoms with Crippen molar-refractivity contribution in [3.05, 3.63) is 58.6 Å². The number of benzene rings is 2. The Morgan fingerprint density at radius 3 is 2.45 bits per heavy atom. The number of anilines is 2. The van der Waals surface area contributed by atoms with Gasteiger partial charge in [0.05, 0.1) is 12.5 Å². The van der Waals surface area contributed by atoms with Crippen LogP contribution in [0, 0.1) is 0 Å². The topological polar surface area (TPSA) is 107 Å².